The van der Waals surface area contributed by atoms with E-state index in [-0.39, 0.29) is 5.82 Å². The Morgan fingerprint density at radius 1 is 1.16 bits per heavy atom. The highest BCUT2D eigenvalue weighted by atomic mass is 79.9. The number of benzene rings is 2. The van der Waals surface area contributed by atoms with Crippen LogP contribution in [0.25, 0.3) is 0 Å². The van der Waals surface area contributed by atoms with E-state index in [4.69, 9.17) is 0 Å². The van der Waals surface area contributed by atoms with Crippen LogP contribution in [0.3, 0.4) is 0 Å². The van der Waals surface area contributed by atoms with E-state index in [1.807, 2.05) is 31.2 Å². The second-order valence-corrected chi connectivity index (χ2v) is 5.95. The number of rotatable bonds is 3. The third kappa shape index (κ3) is 3.43. The van der Waals surface area contributed by atoms with Gasteiger partial charge >= 0.3 is 0 Å². The van der Waals surface area contributed by atoms with Crippen LogP contribution in [0, 0.1) is 12.7 Å². The maximum Gasteiger partial charge on any atom is 0.123 e. The molecule has 0 aromatic heterocycles. The number of aryl methyl sites for hydroxylation is 1. The lowest BCUT2D eigenvalue weighted by atomic mass is 9.86. The van der Waals surface area contributed by atoms with Crippen LogP contribution < -0.4 is 0 Å². The van der Waals surface area contributed by atoms with Gasteiger partial charge in [-0.2, -0.15) is 0 Å². The van der Waals surface area contributed by atoms with Crippen molar-refractivity contribution in [1.29, 1.82) is 0 Å². The van der Waals surface area contributed by atoms with E-state index in [9.17, 15) is 9.50 Å². The predicted molar refractivity (Wildman–Crippen MR) is 78.6 cm³/mol. The van der Waals surface area contributed by atoms with Gasteiger partial charge in [-0.15, -0.1) is 0 Å². The van der Waals surface area contributed by atoms with E-state index < -0.39 is 5.60 Å². The Morgan fingerprint density at radius 2 is 1.79 bits per heavy atom. The van der Waals surface area contributed by atoms with E-state index in [1.165, 1.54) is 12.1 Å². The first-order valence-electron chi connectivity index (χ1n) is 6.12. The number of hydrogen-bond donors (Lipinski definition) is 1. The summed E-state index contributed by atoms with van der Waals surface area (Å²) in [6, 6.07) is 12.3. The highest BCUT2D eigenvalue weighted by molar-refractivity contribution is 9.10. The van der Waals surface area contributed by atoms with Gasteiger partial charge in [-0.1, -0.05) is 34.1 Å². The number of hydrogen-bond acceptors (Lipinski definition) is 1. The van der Waals surface area contributed by atoms with E-state index >= 15 is 0 Å². The third-order valence-corrected chi connectivity index (χ3v) is 3.76. The SMILES string of the molecule is Cc1cc(F)ccc1C(C)(O)Cc1ccc(Br)cc1. The monoisotopic (exact) mass is 322 g/mol. The lowest BCUT2D eigenvalue weighted by Gasteiger charge is -2.26. The molecule has 0 bridgehead atoms. The van der Waals surface area contributed by atoms with Crippen LogP contribution in [0.4, 0.5) is 4.39 Å². The largest absolute Gasteiger partial charge is 0.385 e. The first-order chi connectivity index (χ1) is 8.88. The lowest BCUT2D eigenvalue weighted by molar-refractivity contribution is 0.0569. The first-order valence-corrected chi connectivity index (χ1v) is 6.91. The van der Waals surface area contributed by atoms with Gasteiger partial charge < -0.3 is 5.11 Å². The van der Waals surface area contributed by atoms with Crippen molar-refractivity contribution in [1.82, 2.24) is 0 Å². The zero-order chi connectivity index (χ0) is 14.0. The molecule has 0 aliphatic rings. The van der Waals surface area contributed by atoms with Crippen LogP contribution >= 0.6 is 15.9 Å². The van der Waals surface area contributed by atoms with Gasteiger partial charge in [-0.3, -0.25) is 0 Å². The molecule has 2 aromatic rings. The fourth-order valence-corrected chi connectivity index (χ4v) is 2.59. The Kier molecular flexibility index (Phi) is 4.07. The second-order valence-electron chi connectivity index (χ2n) is 5.04. The van der Waals surface area contributed by atoms with E-state index in [1.54, 1.807) is 13.0 Å². The molecule has 3 heteroatoms. The Hall–Kier alpha value is -1.19. The molecular formula is C16H16BrFO. The molecule has 0 amide bonds. The molecule has 0 radical (unpaired) electrons. The Morgan fingerprint density at radius 3 is 2.37 bits per heavy atom. The van der Waals surface area contributed by atoms with Crippen LogP contribution in [0.15, 0.2) is 46.9 Å². The predicted octanol–water partition coefficient (Wildman–Crippen LogP) is 4.35. The average Bonchev–Trinajstić information content (AvgIpc) is 2.31. The second kappa shape index (κ2) is 5.43. The lowest BCUT2D eigenvalue weighted by Crippen LogP contribution is -2.25. The standard InChI is InChI=1S/C16H16BrFO/c1-11-9-14(18)7-8-15(11)16(2,19)10-12-3-5-13(17)6-4-12/h3-9,19H,10H2,1-2H3. The summed E-state index contributed by atoms with van der Waals surface area (Å²) in [4.78, 5) is 0. The zero-order valence-corrected chi connectivity index (χ0v) is 12.5. The van der Waals surface area contributed by atoms with Crippen LogP contribution in [0.1, 0.15) is 23.6 Å². The molecule has 0 spiro atoms. The van der Waals surface area contributed by atoms with Gasteiger partial charge in [-0.05, 0) is 54.8 Å². The Labute approximate surface area is 121 Å². The van der Waals surface area contributed by atoms with Crippen LogP contribution in [-0.4, -0.2) is 5.11 Å². The molecule has 2 aromatic carbocycles. The van der Waals surface area contributed by atoms with Crippen molar-refractivity contribution in [2.75, 3.05) is 0 Å². The molecular weight excluding hydrogens is 307 g/mol. The van der Waals surface area contributed by atoms with Crippen molar-refractivity contribution >= 4 is 15.9 Å². The van der Waals surface area contributed by atoms with Gasteiger partial charge in [0.05, 0.1) is 5.60 Å². The van der Waals surface area contributed by atoms with Crippen molar-refractivity contribution in [2.45, 2.75) is 25.9 Å². The van der Waals surface area contributed by atoms with Crippen molar-refractivity contribution in [3.05, 3.63) is 69.4 Å². The molecule has 0 heterocycles. The Balaban J connectivity index is 2.29. The van der Waals surface area contributed by atoms with Crippen LogP contribution in [0.2, 0.25) is 0 Å². The molecule has 1 N–H and O–H groups in total. The van der Waals surface area contributed by atoms with Crippen molar-refractivity contribution in [3.63, 3.8) is 0 Å². The van der Waals surface area contributed by atoms with Gasteiger partial charge in [0.1, 0.15) is 5.82 Å². The minimum Gasteiger partial charge on any atom is -0.385 e. The minimum absolute atomic E-state index is 0.277. The van der Waals surface area contributed by atoms with E-state index in [0.29, 0.717) is 6.42 Å². The van der Waals surface area contributed by atoms with Crippen molar-refractivity contribution in [3.8, 4) is 0 Å². The summed E-state index contributed by atoms with van der Waals surface area (Å²) in [5.41, 5.74) is 1.56. The van der Waals surface area contributed by atoms with Crippen molar-refractivity contribution in [2.24, 2.45) is 0 Å². The van der Waals surface area contributed by atoms with Gasteiger partial charge in [0, 0.05) is 10.9 Å². The maximum atomic E-state index is 13.1. The molecule has 1 nitrogen and oxygen atoms in total. The molecule has 0 saturated heterocycles. The molecule has 0 aliphatic carbocycles. The third-order valence-electron chi connectivity index (χ3n) is 3.23. The summed E-state index contributed by atoms with van der Waals surface area (Å²) in [6.07, 6.45) is 0.493. The smallest absolute Gasteiger partial charge is 0.123 e. The molecule has 100 valence electrons. The summed E-state index contributed by atoms with van der Waals surface area (Å²) in [5, 5.41) is 10.6. The summed E-state index contributed by atoms with van der Waals surface area (Å²) in [5.74, 6) is -0.277. The summed E-state index contributed by atoms with van der Waals surface area (Å²) in [6.45, 7) is 3.57. The molecule has 19 heavy (non-hydrogen) atoms. The molecule has 2 rings (SSSR count). The van der Waals surface area contributed by atoms with Crippen LogP contribution in [-0.2, 0) is 12.0 Å². The summed E-state index contributed by atoms with van der Waals surface area (Å²) >= 11 is 3.39. The zero-order valence-electron chi connectivity index (χ0n) is 11.0. The van der Waals surface area contributed by atoms with E-state index in [2.05, 4.69) is 15.9 Å². The highest BCUT2D eigenvalue weighted by Gasteiger charge is 2.25. The number of aliphatic hydroxyl groups is 1. The van der Waals surface area contributed by atoms with Crippen molar-refractivity contribution < 1.29 is 9.50 Å². The molecule has 1 atom stereocenters. The van der Waals surface area contributed by atoms with Gasteiger partial charge in [0.15, 0.2) is 0 Å². The molecule has 0 fully saturated rings. The molecule has 0 aliphatic heterocycles. The molecule has 1 unspecified atom stereocenters. The minimum atomic E-state index is -1.01. The van der Waals surface area contributed by atoms with Crippen LogP contribution in [0.5, 0.6) is 0 Å². The maximum absolute atomic E-state index is 13.1. The topological polar surface area (TPSA) is 20.2 Å². The summed E-state index contributed by atoms with van der Waals surface area (Å²) in [7, 11) is 0. The Bertz CT molecular complexity index is 576. The van der Waals surface area contributed by atoms with Gasteiger partial charge in [-0.25, -0.2) is 4.39 Å². The molecule has 0 saturated carbocycles. The average molecular weight is 323 g/mol. The fraction of sp³-hybridized carbons (Fsp3) is 0.250. The van der Waals surface area contributed by atoms with Gasteiger partial charge in [0.25, 0.3) is 0 Å². The summed E-state index contributed by atoms with van der Waals surface area (Å²) < 4.78 is 14.1. The quantitative estimate of drug-likeness (QED) is 0.890. The highest BCUT2D eigenvalue weighted by Crippen LogP contribution is 2.28. The van der Waals surface area contributed by atoms with E-state index in [0.717, 1.165) is 21.2 Å². The normalized spacial score (nSPS) is 14.2. The number of halogens is 2. The van der Waals surface area contributed by atoms with Gasteiger partial charge in [0.2, 0.25) is 0 Å². The fourth-order valence-electron chi connectivity index (χ4n) is 2.33. The first kappa shape index (κ1) is 14.2.